The van der Waals surface area contributed by atoms with E-state index < -0.39 is 10.1 Å². The predicted molar refractivity (Wildman–Crippen MR) is 61.7 cm³/mol. The van der Waals surface area contributed by atoms with Gasteiger partial charge in [0.1, 0.15) is 0 Å². The van der Waals surface area contributed by atoms with Gasteiger partial charge in [-0.1, -0.05) is 18.2 Å². The van der Waals surface area contributed by atoms with Crippen LogP contribution < -0.4 is 0 Å². The third-order valence-electron chi connectivity index (χ3n) is 2.19. The van der Waals surface area contributed by atoms with E-state index in [0.29, 0.717) is 0 Å². The van der Waals surface area contributed by atoms with Crippen LogP contribution in [0, 0.1) is 0 Å². The van der Waals surface area contributed by atoms with Crippen molar-refractivity contribution >= 4 is 21.0 Å². The third-order valence-corrected chi connectivity index (χ3v) is 3.27. The van der Waals surface area contributed by atoms with Crippen molar-refractivity contribution in [1.82, 2.24) is 9.78 Å². The Morgan fingerprint density at radius 3 is 2.88 bits per heavy atom. The molecule has 17 heavy (non-hydrogen) atoms. The first kappa shape index (κ1) is 12.0. The molecule has 0 radical (unpaired) electrons. The highest BCUT2D eigenvalue weighted by Gasteiger charge is 2.14. The molecule has 1 aromatic carbocycles. The largest absolute Gasteiger partial charge is 0.394 e. The Morgan fingerprint density at radius 2 is 2.12 bits per heavy atom. The first-order valence-corrected chi connectivity index (χ1v) is 6.58. The van der Waals surface area contributed by atoms with Crippen LogP contribution >= 0.6 is 0 Å². The van der Waals surface area contributed by atoms with Gasteiger partial charge < -0.3 is 5.11 Å². The van der Waals surface area contributed by atoms with E-state index in [9.17, 15) is 8.42 Å². The summed E-state index contributed by atoms with van der Waals surface area (Å²) in [6.45, 7) is -0.569. The van der Waals surface area contributed by atoms with Crippen LogP contribution in [-0.2, 0) is 20.2 Å². The zero-order valence-electron chi connectivity index (χ0n) is 8.98. The molecule has 6 nitrogen and oxygen atoms in total. The van der Waals surface area contributed by atoms with Crippen molar-refractivity contribution in [2.45, 2.75) is 5.88 Å². The summed E-state index contributed by atoms with van der Waals surface area (Å²) in [5, 5.41) is 13.4. The lowest BCUT2D eigenvalue weighted by atomic mass is 10.3. The second-order valence-electron chi connectivity index (χ2n) is 3.44. The molecule has 0 aliphatic rings. The van der Waals surface area contributed by atoms with Crippen molar-refractivity contribution in [2.75, 3.05) is 13.2 Å². The Balaban J connectivity index is 2.24. The van der Waals surface area contributed by atoms with E-state index in [1.54, 1.807) is 12.3 Å². The van der Waals surface area contributed by atoms with Crippen LogP contribution in [0.5, 0.6) is 0 Å². The summed E-state index contributed by atoms with van der Waals surface area (Å²) < 4.78 is 28.9. The maximum atomic E-state index is 11.5. The molecule has 0 amide bonds. The number of nitrogens with zero attached hydrogens (tertiary/aromatic N) is 2. The second-order valence-corrected chi connectivity index (χ2v) is 5.04. The fraction of sp³-hybridized carbons (Fsp3) is 0.300. The van der Waals surface area contributed by atoms with Gasteiger partial charge in [0.25, 0.3) is 10.1 Å². The standard InChI is InChI=1S/C10H12N2O4S/c13-5-6-16-17(14,15)8-12-10-4-2-1-3-9(10)7-11-12/h1-4,7,13H,5-6,8H2. The third kappa shape index (κ3) is 2.82. The lowest BCUT2D eigenvalue weighted by molar-refractivity contribution is 0.203. The molecule has 0 saturated heterocycles. The summed E-state index contributed by atoms with van der Waals surface area (Å²) in [4.78, 5) is 0. The quantitative estimate of drug-likeness (QED) is 0.780. The Hall–Kier alpha value is -1.44. The summed E-state index contributed by atoms with van der Waals surface area (Å²) in [7, 11) is -3.72. The number of hydrogen-bond acceptors (Lipinski definition) is 5. The molecule has 1 aromatic heterocycles. The van der Waals surface area contributed by atoms with Gasteiger partial charge in [-0.05, 0) is 6.07 Å². The van der Waals surface area contributed by atoms with Crippen molar-refractivity contribution in [1.29, 1.82) is 0 Å². The molecular weight excluding hydrogens is 244 g/mol. The molecule has 7 heteroatoms. The van der Waals surface area contributed by atoms with E-state index in [1.807, 2.05) is 18.2 Å². The molecule has 1 heterocycles. The maximum Gasteiger partial charge on any atom is 0.287 e. The van der Waals surface area contributed by atoms with Gasteiger partial charge in [0.2, 0.25) is 0 Å². The number of benzene rings is 1. The van der Waals surface area contributed by atoms with E-state index >= 15 is 0 Å². The molecule has 0 bridgehead atoms. The zero-order chi connectivity index (χ0) is 12.3. The fourth-order valence-electron chi connectivity index (χ4n) is 1.48. The van der Waals surface area contributed by atoms with Crippen LogP contribution in [0.1, 0.15) is 0 Å². The van der Waals surface area contributed by atoms with Gasteiger partial charge in [-0.15, -0.1) is 0 Å². The van der Waals surface area contributed by atoms with Gasteiger partial charge >= 0.3 is 0 Å². The van der Waals surface area contributed by atoms with Gasteiger partial charge in [0, 0.05) is 5.39 Å². The van der Waals surface area contributed by atoms with E-state index in [1.165, 1.54) is 4.68 Å². The Kier molecular flexibility index (Phi) is 3.41. The van der Waals surface area contributed by atoms with Gasteiger partial charge in [0.05, 0.1) is 24.9 Å². The smallest absolute Gasteiger partial charge is 0.287 e. The number of hydrogen-bond donors (Lipinski definition) is 1. The minimum atomic E-state index is -3.72. The molecule has 0 spiro atoms. The number of para-hydroxylation sites is 1. The number of fused-ring (bicyclic) bond motifs is 1. The monoisotopic (exact) mass is 256 g/mol. The molecular formula is C10H12N2O4S. The molecule has 1 N–H and O–H groups in total. The van der Waals surface area contributed by atoms with Crippen molar-refractivity contribution in [3.63, 3.8) is 0 Å². The zero-order valence-corrected chi connectivity index (χ0v) is 9.80. The van der Waals surface area contributed by atoms with Crippen molar-refractivity contribution in [3.05, 3.63) is 30.5 Å². The second kappa shape index (κ2) is 4.82. The van der Waals surface area contributed by atoms with Crippen LogP contribution in [0.3, 0.4) is 0 Å². The molecule has 0 atom stereocenters. The Labute approximate surface area is 98.6 Å². The first-order chi connectivity index (χ1) is 8.12. The molecule has 0 saturated carbocycles. The van der Waals surface area contributed by atoms with Crippen LogP contribution in [-0.4, -0.2) is 36.5 Å². The summed E-state index contributed by atoms with van der Waals surface area (Å²) in [6.07, 6.45) is 1.59. The van der Waals surface area contributed by atoms with Crippen LogP contribution in [0.4, 0.5) is 0 Å². The minimum absolute atomic E-state index is 0.235. The summed E-state index contributed by atoms with van der Waals surface area (Å²) >= 11 is 0. The molecule has 0 fully saturated rings. The SMILES string of the molecule is O=S(=O)(Cn1ncc2ccccc21)OCCO. The van der Waals surface area contributed by atoms with E-state index in [0.717, 1.165) is 10.9 Å². The molecule has 0 aliphatic heterocycles. The lowest BCUT2D eigenvalue weighted by Gasteiger charge is -2.05. The highest BCUT2D eigenvalue weighted by Crippen LogP contribution is 2.13. The Morgan fingerprint density at radius 1 is 1.35 bits per heavy atom. The molecule has 92 valence electrons. The fourth-order valence-corrected chi connectivity index (χ4v) is 2.39. The highest BCUT2D eigenvalue weighted by atomic mass is 32.2. The number of aliphatic hydroxyl groups is 1. The van der Waals surface area contributed by atoms with E-state index in [-0.39, 0.29) is 19.1 Å². The molecule has 0 unspecified atom stereocenters. The Bertz CT molecular complexity index is 606. The average molecular weight is 256 g/mol. The lowest BCUT2D eigenvalue weighted by Crippen LogP contribution is -2.16. The van der Waals surface area contributed by atoms with E-state index in [4.69, 9.17) is 5.11 Å². The van der Waals surface area contributed by atoms with Crippen molar-refractivity contribution < 1.29 is 17.7 Å². The van der Waals surface area contributed by atoms with Gasteiger partial charge in [-0.25, -0.2) is 4.68 Å². The van der Waals surface area contributed by atoms with Crippen LogP contribution in [0.2, 0.25) is 0 Å². The highest BCUT2D eigenvalue weighted by molar-refractivity contribution is 7.85. The molecule has 2 aromatic rings. The number of aromatic nitrogens is 2. The van der Waals surface area contributed by atoms with Gasteiger partial charge in [0.15, 0.2) is 5.88 Å². The average Bonchev–Trinajstić information content (AvgIpc) is 2.70. The van der Waals surface area contributed by atoms with Crippen molar-refractivity contribution in [2.24, 2.45) is 0 Å². The topological polar surface area (TPSA) is 81.4 Å². The van der Waals surface area contributed by atoms with Gasteiger partial charge in [-0.2, -0.15) is 13.5 Å². The predicted octanol–water partition coefficient (Wildman–Crippen LogP) is 0.333. The molecule has 0 aliphatic carbocycles. The summed E-state index contributed by atoms with van der Waals surface area (Å²) in [5.74, 6) is -0.361. The van der Waals surface area contributed by atoms with Crippen molar-refractivity contribution in [3.8, 4) is 0 Å². The van der Waals surface area contributed by atoms with Gasteiger partial charge in [-0.3, -0.25) is 4.18 Å². The maximum absolute atomic E-state index is 11.5. The van der Waals surface area contributed by atoms with E-state index in [2.05, 4.69) is 9.28 Å². The van der Waals surface area contributed by atoms with Crippen LogP contribution in [0.15, 0.2) is 30.5 Å². The molecule has 2 rings (SSSR count). The summed E-state index contributed by atoms with van der Waals surface area (Å²) in [6, 6.07) is 7.29. The number of aliphatic hydroxyl groups excluding tert-OH is 1. The minimum Gasteiger partial charge on any atom is -0.394 e. The normalized spacial score (nSPS) is 12.1. The van der Waals surface area contributed by atoms with Crippen LogP contribution in [0.25, 0.3) is 10.9 Å². The number of rotatable bonds is 5. The summed E-state index contributed by atoms with van der Waals surface area (Å²) in [5.41, 5.74) is 0.726. The first-order valence-electron chi connectivity index (χ1n) is 5.01.